The third-order valence-electron chi connectivity index (χ3n) is 4.82. The molecule has 26 heavy (non-hydrogen) atoms. The zero-order valence-electron chi connectivity index (χ0n) is 16.3. The average Bonchev–Trinajstić information content (AvgIpc) is 2.87. The number of rotatable bonds is 11. The van der Waals surface area contributed by atoms with Gasteiger partial charge >= 0.3 is 0 Å². The van der Waals surface area contributed by atoms with Crippen LogP contribution >= 0.6 is 0 Å². The predicted molar refractivity (Wildman–Crippen MR) is 96.4 cm³/mol. The van der Waals surface area contributed by atoms with Crippen LogP contribution in [0.15, 0.2) is 24.3 Å². The van der Waals surface area contributed by atoms with Crippen molar-refractivity contribution < 1.29 is 28.1 Å². The van der Waals surface area contributed by atoms with E-state index in [4.69, 9.17) is 23.7 Å². The first kappa shape index (κ1) is 21.3. The summed E-state index contributed by atoms with van der Waals surface area (Å²) in [6, 6.07) is 6.65. The Labute approximate surface area is 155 Å². The normalized spacial score (nSPS) is 24.9. The van der Waals surface area contributed by atoms with Crippen LogP contribution in [0.5, 0.6) is 0 Å². The van der Waals surface area contributed by atoms with Crippen molar-refractivity contribution >= 4 is 0 Å². The van der Waals surface area contributed by atoms with Crippen molar-refractivity contribution in [3.05, 3.63) is 35.6 Å². The molecule has 2 rings (SSSR count). The highest BCUT2D eigenvalue weighted by molar-refractivity contribution is 5.16. The lowest BCUT2D eigenvalue weighted by atomic mass is 9.93. The van der Waals surface area contributed by atoms with Gasteiger partial charge in [-0.1, -0.05) is 25.1 Å². The first-order valence-corrected chi connectivity index (χ1v) is 9.12. The Morgan fingerprint density at radius 3 is 2.65 bits per heavy atom. The van der Waals surface area contributed by atoms with Crippen LogP contribution in [-0.2, 0) is 30.3 Å². The molecule has 2 atom stereocenters. The summed E-state index contributed by atoms with van der Waals surface area (Å²) in [5, 5.41) is 0. The molecule has 148 valence electrons. The molecule has 0 radical (unpaired) electrons. The lowest BCUT2D eigenvalue weighted by molar-refractivity contribution is -0.160. The first-order valence-electron chi connectivity index (χ1n) is 9.12. The van der Waals surface area contributed by atoms with Gasteiger partial charge in [0.1, 0.15) is 12.6 Å². The van der Waals surface area contributed by atoms with Crippen LogP contribution in [0.25, 0.3) is 0 Å². The molecule has 5 nitrogen and oxygen atoms in total. The van der Waals surface area contributed by atoms with Gasteiger partial charge in [-0.25, -0.2) is 4.39 Å². The largest absolute Gasteiger partial charge is 0.382 e. The molecule has 0 N–H and O–H groups in total. The summed E-state index contributed by atoms with van der Waals surface area (Å²) in [6.45, 7) is 7.96. The Morgan fingerprint density at radius 2 is 1.96 bits per heavy atom. The number of methoxy groups -OCH3 is 1. The maximum atomic E-state index is 13.7. The van der Waals surface area contributed by atoms with Gasteiger partial charge in [-0.15, -0.1) is 0 Å². The number of hydrogen-bond donors (Lipinski definition) is 0. The van der Waals surface area contributed by atoms with E-state index >= 15 is 0 Å². The molecule has 1 aliphatic rings. The molecule has 0 amide bonds. The van der Waals surface area contributed by atoms with E-state index in [9.17, 15) is 4.39 Å². The number of benzene rings is 1. The molecule has 1 saturated heterocycles. The third-order valence-corrected chi connectivity index (χ3v) is 4.82. The van der Waals surface area contributed by atoms with Gasteiger partial charge in [0.05, 0.1) is 43.7 Å². The summed E-state index contributed by atoms with van der Waals surface area (Å²) in [7, 11) is 1.63. The van der Waals surface area contributed by atoms with Gasteiger partial charge in [0, 0.05) is 19.1 Å². The van der Waals surface area contributed by atoms with E-state index in [-0.39, 0.29) is 25.3 Å². The summed E-state index contributed by atoms with van der Waals surface area (Å²) in [5.41, 5.74) is -0.330. The predicted octanol–water partition coefficient (Wildman–Crippen LogP) is 3.70. The van der Waals surface area contributed by atoms with E-state index in [1.807, 2.05) is 13.8 Å². The molecule has 1 aromatic rings. The van der Waals surface area contributed by atoms with Crippen molar-refractivity contribution in [3.63, 3.8) is 0 Å². The van der Waals surface area contributed by atoms with Gasteiger partial charge in [-0.2, -0.15) is 0 Å². The van der Waals surface area contributed by atoms with Crippen molar-refractivity contribution in [1.82, 2.24) is 0 Å². The molecule has 1 aliphatic heterocycles. The zero-order valence-corrected chi connectivity index (χ0v) is 16.3. The maximum absolute atomic E-state index is 13.7. The van der Waals surface area contributed by atoms with Crippen LogP contribution in [0.4, 0.5) is 4.39 Å². The van der Waals surface area contributed by atoms with Crippen molar-refractivity contribution in [2.75, 3.05) is 33.7 Å². The Bertz CT molecular complexity index is 551. The fourth-order valence-corrected chi connectivity index (χ4v) is 3.21. The molecule has 1 heterocycles. The molecular formula is C20H31FO5. The second-order valence-electron chi connectivity index (χ2n) is 7.20. The van der Waals surface area contributed by atoms with Crippen LogP contribution in [0.2, 0.25) is 0 Å². The van der Waals surface area contributed by atoms with E-state index in [0.29, 0.717) is 31.8 Å². The van der Waals surface area contributed by atoms with Gasteiger partial charge in [-0.3, -0.25) is 0 Å². The Balaban J connectivity index is 1.86. The molecule has 0 spiro atoms. The summed E-state index contributed by atoms with van der Waals surface area (Å²) in [5.74, 6) is -0.250. The molecule has 0 aromatic heterocycles. The minimum absolute atomic E-state index is 0.0953. The SMILES string of the molecule is CCC1(COCc2ccccc2F)CC(OCOCCOC)C(C)(C)O1. The Morgan fingerprint density at radius 1 is 1.19 bits per heavy atom. The molecule has 2 unspecified atom stereocenters. The monoisotopic (exact) mass is 370 g/mol. The molecule has 6 heteroatoms. The van der Waals surface area contributed by atoms with Crippen LogP contribution in [0, 0.1) is 5.82 Å². The Kier molecular flexibility index (Phi) is 7.98. The average molecular weight is 370 g/mol. The Hall–Kier alpha value is -1.05. The van der Waals surface area contributed by atoms with Gasteiger partial charge in [0.15, 0.2) is 0 Å². The molecule has 0 saturated carbocycles. The number of halogens is 1. The maximum Gasteiger partial charge on any atom is 0.147 e. The van der Waals surface area contributed by atoms with Crippen LogP contribution in [0.1, 0.15) is 39.2 Å². The molecule has 0 aliphatic carbocycles. The zero-order chi connectivity index (χ0) is 19.0. The lowest BCUT2D eigenvalue weighted by Crippen LogP contribution is -2.37. The molecule has 0 bridgehead atoms. The summed E-state index contributed by atoms with van der Waals surface area (Å²) < 4.78 is 42.1. The van der Waals surface area contributed by atoms with E-state index in [2.05, 4.69) is 6.92 Å². The number of hydrogen-bond acceptors (Lipinski definition) is 5. The highest BCUT2D eigenvalue weighted by Gasteiger charge is 2.51. The molecular weight excluding hydrogens is 339 g/mol. The molecule has 1 fully saturated rings. The van der Waals surface area contributed by atoms with Gasteiger partial charge in [0.25, 0.3) is 0 Å². The minimum Gasteiger partial charge on any atom is -0.382 e. The highest BCUT2D eigenvalue weighted by Crippen LogP contribution is 2.42. The van der Waals surface area contributed by atoms with Crippen LogP contribution < -0.4 is 0 Å². The van der Waals surface area contributed by atoms with Gasteiger partial charge < -0.3 is 23.7 Å². The molecule has 1 aromatic carbocycles. The minimum atomic E-state index is -0.442. The van der Waals surface area contributed by atoms with Crippen molar-refractivity contribution in [1.29, 1.82) is 0 Å². The quantitative estimate of drug-likeness (QED) is 0.439. The summed E-state index contributed by atoms with van der Waals surface area (Å²) in [6.07, 6.45) is 1.40. The van der Waals surface area contributed by atoms with Crippen LogP contribution in [0.3, 0.4) is 0 Å². The number of ether oxygens (including phenoxy) is 5. The first-order chi connectivity index (χ1) is 12.4. The summed E-state index contributed by atoms with van der Waals surface area (Å²) in [4.78, 5) is 0. The van der Waals surface area contributed by atoms with E-state index < -0.39 is 11.2 Å². The standard InChI is InChI=1S/C20H31FO5/c1-5-20(14-24-13-16-8-6-7-9-17(16)21)12-18(19(2,3)26-20)25-15-23-11-10-22-4/h6-9,18H,5,10-15H2,1-4H3. The lowest BCUT2D eigenvalue weighted by Gasteiger charge is -2.30. The third kappa shape index (κ3) is 5.72. The van der Waals surface area contributed by atoms with Crippen molar-refractivity contribution in [2.24, 2.45) is 0 Å². The second-order valence-corrected chi connectivity index (χ2v) is 7.20. The topological polar surface area (TPSA) is 46.2 Å². The van der Waals surface area contributed by atoms with E-state index in [0.717, 1.165) is 6.42 Å². The highest BCUT2D eigenvalue weighted by atomic mass is 19.1. The van der Waals surface area contributed by atoms with Gasteiger partial charge in [0.2, 0.25) is 0 Å². The van der Waals surface area contributed by atoms with Gasteiger partial charge in [-0.05, 0) is 26.3 Å². The van der Waals surface area contributed by atoms with E-state index in [1.54, 1.807) is 25.3 Å². The van der Waals surface area contributed by atoms with Crippen LogP contribution in [-0.4, -0.2) is 51.0 Å². The smallest absolute Gasteiger partial charge is 0.147 e. The fourth-order valence-electron chi connectivity index (χ4n) is 3.21. The van der Waals surface area contributed by atoms with E-state index in [1.165, 1.54) is 6.07 Å². The summed E-state index contributed by atoms with van der Waals surface area (Å²) >= 11 is 0. The van der Waals surface area contributed by atoms with Crippen molar-refractivity contribution in [2.45, 2.75) is 57.5 Å². The van der Waals surface area contributed by atoms with Crippen molar-refractivity contribution in [3.8, 4) is 0 Å². The second kappa shape index (κ2) is 9.76. The fraction of sp³-hybridized carbons (Fsp3) is 0.700.